The lowest BCUT2D eigenvalue weighted by Crippen LogP contribution is -2.40. The normalized spacial score (nSPS) is 19.3. The van der Waals surface area contributed by atoms with Crippen LogP contribution in [0.15, 0.2) is 36.4 Å². The van der Waals surface area contributed by atoms with Crippen molar-refractivity contribution in [3.63, 3.8) is 0 Å². The molecule has 3 rings (SSSR count). The summed E-state index contributed by atoms with van der Waals surface area (Å²) in [4.78, 5) is 15.3. The largest absolute Gasteiger partial charge is 0.433 e. The Bertz CT molecular complexity index is 1140. The number of amides is 1. The first-order valence-corrected chi connectivity index (χ1v) is 12.7. The van der Waals surface area contributed by atoms with Crippen molar-refractivity contribution in [3.8, 4) is 0 Å². The smallest absolute Gasteiger partial charge is 0.382 e. The average Bonchev–Trinajstić information content (AvgIpc) is 2.72. The summed E-state index contributed by atoms with van der Waals surface area (Å²) in [5, 5.41) is 5.57. The highest BCUT2D eigenvalue weighted by atomic mass is 32.2. The van der Waals surface area contributed by atoms with Gasteiger partial charge in [0.25, 0.3) is 5.91 Å². The number of halogens is 6. The Balaban J connectivity index is 1.61. The maximum absolute atomic E-state index is 13.0. The first-order valence-electron chi connectivity index (χ1n) is 10.6. The molecule has 1 fully saturated rings. The van der Waals surface area contributed by atoms with Crippen LogP contribution in [-0.4, -0.2) is 37.6 Å². The topological polar surface area (TPSA) is 88.2 Å². The van der Waals surface area contributed by atoms with Crippen LogP contribution in [0.2, 0.25) is 0 Å². The van der Waals surface area contributed by atoms with Gasteiger partial charge in [-0.2, -0.15) is 26.3 Å². The van der Waals surface area contributed by atoms with Crippen LogP contribution in [0.25, 0.3) is 0 Å². The molecule has 6 nitrogen and oxygen atoms in total. The maximum Gasteiger partial charge on any atom is 0.433 e. The highest BCUT2D eigenvalue weighted by Crippen LogP contribution is 2.35. The zero-order valence-electron chi connectivity index (χ0n) is 18.5. The summed E-state index contributed by atoms with van der Waals surface area (Å²) in [6.07, 6.45) is -7.25. The van der Waals surface area contributed by atoms with Crippen LogP contribution < -0.4 is 10.6 Å². The van der Waals surface area contributed by atoms with E-state index in [1.54, 1.807) is 18.2 Å². The maximum atomic E-state index is 13.0. The molecule has 1 aliphatic carbocycles. The van der Waals surface area contributed by atoms with E-state index in [9.17, 15) is 39.6 Å². The number of pyridine rings is 1. The number of benzene rings is 1. The van der Waals surface area contributed by atoms with Crippen molar-refractivity contribution < 1.29 is 39.6 Å². The molecule has 0 bridgehead atoms. The fourth-order valence-electron chi connectivity index (χ4n) is 3.90. The Labute approximate surface area is 198 Å². The standard InChI is InChI=1S/C22H23F6N3O3S/c1-35(33,34)12-13-3-2-4-14(9-13)20(32)30-16-7-5-15(6-8-16)29-17-10-18(21(23,24)25)31-19(11-17)22(26,27)28/h2-4,9-11,15-16H,5-8,12H2,1H3,(H,29,31)(H,30,32). The molecule has 1 aliphatic rings. The zero-order valence-corrected chi connectivity index (χ0v) is 19.3. The van der Waals surface area contributed by atoms with E-state index in [0.717, 1.165) is 6.26 Å². The molecule has 1 aromatic carbocycles. The lowest BCUT2D eigenvalue weighted by atomic mass is 9.90. The molecule has 0 spiro atoms. The average molecular weight is 523 g/mol. The lowest BCUT2D eigenvalue weighted by Gasteiger charge is -2.30. The molecular formula is C22H23F6N3O3S. The lowest BCUT2D eigenvalue weighted by molar-refractivity contribution is -0.150. The Hall–Kier alpha value is -2.83. The number of hydrogen-bond acceptors (Lipinski definition) is 5. The fraction of sp³-hybridized carbons (Fsp3) is 0.455. The molecule has 0 unspecified atom stereocenters. The monoisotopic (exact) mass is 523 g/mol. The van der Waals surface area contributed by atoms with E-state index in [1.165, 1.54) is 6.07 Å². The third kappa shape index (κ3) is 7.84. The van der Waals surface area contributed by atoms with Gasteiger partial charge in [-0.3, -0.25) is 4.79 Å². The van der Waals surface area contributed by atoms with Crippen LogP contribution in [0.5, 0.6) is 0 Å². The van der Waals surface area contributed by atoms with Crippen molar-refractivity contribution in [2.75, 3.05) is 11.6 Å². The Morgan fingerprint density at radius 3 is 2.00 bits per heavy atom. The Morgan fingerprint density at radius 2 is 1.49 bits per heavy atom. The number of alkyl halides is 6. The van der Waals surface area contributed by atoms with Gasteiger partial charge in [-0.05, 0) is 55.5 Å². The van der Waals surface area contributed by atoms with E-state index in [1.807, 2.05) is 0 Å². The minimum absolute atomic E-state index is 0.202. The summed E-state index contributed by atoms with van der Waals surface area (Å²) in [6.45, 7) is 0. The number of nitrogens with one attached hydrogen (secondary N) is 2. The minimum Gasteiger partial charge on any atom is -0.382 e. The molecule has 13 heteroatoms. The molecule has 0 aliphatic heterocycles. The predicted octanol–water partition coefficient (Wildman–Crippen LogP) is 4.82. The van der Waals surface area contributed by atoms with Crippen molar-refractivity contribution in [1.82, 2.24) is 10.3 Å². The predicted molar refractivity (Wildman–Crippen MR) is 116 cm³/mol. The molecule has 0 atom stereocenters. The first kappa shape index (κ1) is 26.8. The third-order valence-corrected chi connectivity index (χ3v) is 6.32. The van der Waals surface area contributed by atoms with E-state index >= 15 is 0 Å². The van der Waals surface area contributed by atoms with Gasteiger partial charge in [-0.15, -0.1) is 0 Å². The molecule has 2 aromatic rings. The van der Waals surface area contributed by atoms with E-state index in [-0.39, 0.29) is 23.5 Å². The molecule has 1 saturated carbocycles. The van der Waals surface area contributed by atoms with Gasteiger partial charge < -0.3 is 10.6 Å². The summed E-state index contributed by atoms with van der Waals surface area (Å²) in [5.41, 5.74) is -2.82. The van der Waals surface area contributed by atoms with E-state index in [2.05, 4.69) is 15.6 Å². The van der Waals surface area contributed by atoms with Crippen LogP contribution in [0.1, 0.15) is 53.0 Å². The summed E-state index contributed by atoms with van der Waals surface area (Å²) < 4.78 is 101. The Kier molecular flexibility index (Phi) is 7.68. The minimum atomic E-state index is -5.03. The molecule has 1 aromatic heterocycles. The van der Waals surface area contributed by atoms with Gasteiger partial charge in [-0.25, -0.2) is 13.4 Å². The van der Waals surface area contributed by atoms with E-state index in [0.29, 0.717) is 48.9 Å². The van der Waals surface area contributed by atoms with Gasteiger partial charge in [0.2, 0.25) is 0 Å². The van der Waals surface area contributed by atoms with Crippen molar-refractivity contribution in [1.29, 1.82) is 0 Å². The first-order chi connectivity index (χ1) is 16.1. The molecule has 1 amide bonds. The molecule has 35 heavy (non-hydrogen) atoms. The second-order valence-corrected chi connectivity index (χ2v) is 10.7. The third-order valence-electron chi connectivity index (χ3n) is 5.46. The number of sulfone groups is 1. The van der Waals surface area contributed by atoms with Crippen molar-refractivity contribution >= 4 is 21.4 Å². The van der Waals surface area contributed by atoms with Crippen molar-refractivity contribution in [3.05, 3.63) is 58.9 Å². The SMILES string of the molecule is CS(=O)(=O)Cc1cccc(C(=O)NC2CCC(Nc3cc(C(F)(F)F)nc(C(F)(F)F)c3)CC2)c1. The van der Waals surface area contributed by atoms with Crippen LogP contribution in [0.3, 0.4) is 0 Å². The van der Waals surface area contributed by atoms with Gasteiger partial charge in [0, 0.05) is 29.6 Å². The summed E-state index contributed by atoms with van der Waals surface area (Å²) in [5.74, 6) is -0.595. The van der Waals surface area contributed by atoms with Gasteiger partial charge in [0.1, 0.15) is 11.4 Å². The Morgan fingerprint density at radius 1 is 0.943 bits per heavy atom. The molecule has 0 saturated heterocycles. The number of carbonyl (C=O) groups excluding carboxylic acids is 1. The second-order valence-electron chi connectivity index (χ2n) is 8.56. The number of hydrogen-bond donors (Lipinski definition) is 2. The van der Waals surface area contributed by atoms with Crippen LogP contribution in [0.4, 0.5) is 32.0 Å². The van der Waals surface area contributed by atoms with Crippen molar-refractivity contribution in [2.45, 2.75) is 55.9 Å². The van der Waals surface area contributed by atoms with Gasteiger partial charge >= 0.3 is 12.4 Å². The number of nitrogens with zero attached hydrogens (tertiary/aromatic N) is 1. The highest BCUT2D eigenvalue weighted by Gasteiger charge is 2.39. The zero-order chi connectivity index (χ0) is 26.0. The number of carbonyl (C=O) groups is 1. The highest BCUT2D eigenvalue weighted by molar-refractivity contribution is 7.89. The molecular weight excluding hydrogens is 500 g/mol. The van der Waals surface area contributed by atoms with Gasteiger partial charge in [0.05, 0.1) is 5.75 Å². The fourth-order valence-corrected chi connectivity index (χ4v) is 4.68. The molecule has 0 radical (unpaired) electrons. The second kappa shape index (κ2) is 10.0. The van der Waals surface area contributed by atoms with E-state index in [4.69, 9.17) is 0 Å². The van der Waals surface area contributed by atoms with Crippen LogP contribution in [-0.2, 0) is 27.9 Å². The quantitative estimate of drug-likeness (QED) is 0.531. The molecule has 1 heterocycles. The number of aromatic nitrogens is 1. The van der Waals surface area contributed by atoms with E-state index < -0.39 is 39.5 Å². The number of anilines is 1. The van der Waals surface area contributed by atoms with Crippen LogP contribution >= 0.6 is 0 Å². The summed E-state index contributed by atoms with van der Waals surface area (Å²) in [6, 6.07) is 6.69. The number of rotatable bonds is 6. The van der Waals surface area contributed by atoms with Gasteiger partial charge in [-0.1, -0.05) is 12.1 Å². The summed E-state index contributed by atoms with van der Waals surface area (Å²) in [7, 11) is -3.27. The summed E-state index contributed by atoms with van der Waals surface area (Å²) >= 11 is 0. The van der Waals surface area contributed by atoms with Crippen LogP contribution in [0, 0.1) is 0 Å². The van der Waals surface area contributed by atoms with Crippen molar-refractivity contribution in [2.24, 2.45) is 0 Å². The molecule has 2 N–H and O–H groups in total. The van der Waals surface area contributed by atoms with Gasteiger partial charge in [0.15, 0.2) is 9.84 Å². The molecule has 192 valence electrons.